The Labute approximate surface area is 97.8 Å². The van der Waals surface area contributed by atoms with Gasteiger partial charge in [0.1, 0.15) is 0 Å². The summed E-state index contributed by atoms with van der Waals surface area (Å²) in [7, 11) is 0. The molecule has 2 nitrogen and oxygen atoms in total. The van der Waals surface area contributed by atoms with Crippen LogP contribution in [0.15, 0.2) is 12.1 Å². The summed E-state index contributed by atoms with van der Waals surface area (Å²) in [5.74, 6) is -0.844. The number of amides is 1. The number of carbonyl (C=O) groups is 1. The smallest absolute Gasteiger partial charge is 0.366 e. The molecular formula is C9H7F3INO. The Hall–Kier alpha value is -0.790. The van der Waals surface area contributed by atoms with Crippen molar-refractivity contribution in [2.24, 2.45) is 5.73 Å². The normalized spacial score (nSPS) is 11.5. The van der Waals surface area contributed by atoms with E-state index in [0.29, 0.717) is 5.56 Å². The molecule has 1 aromatic carbocycles. The molecule has 1 amide bonds. The lowest BCUT2D eigenvalue weighted by atomic mass is 10.0. The highest BCUT2D eigenvalue weighted by molar-refractivity contribution is 14.1. The van der Waals surface area contributed by atoms with Crippen LogP contribution in [-0.4, -0.2) is 5.91 Å². The Bertz CT molecular complexity index is 415. The zero-order valence-corrected chi connectivity index (χ0v) is 9.81. The molecule has 0 aromatic heterocycles. The molecule has 0 fully saturated rings. The predicted octanol–water partition coefficient (Wildman–Crippen LogP) is 2.72. The molecular weight excluding hydrogens is 322 g/mol. The summed E-state index contributed by atoms with van der Waals surface area (Å²) in [6.45, 7) is 1.54. The van der Waals surface area contributed by atoms with Crippen molar-refractivity contribution in [3.63, 3.8) is 0 Å². The average molecular weight is 329 g/mol. The van der Waals surface area contributed by atoms with E-state index in [1.165, 1.54) is 28.7 Å². The van der Waals surface area contributed by atoms with Crippen LogP contribution in [-0.2, 0) is 6.18 Å². The molecule has 0 saturated carbocycles. The van der Waals surface area contributed by atoms with Crippen molar-refractivity contribution < 1.29 is 18.0 Å². The van der Waals surface area contributed by atoms with Gasteiger partial charge in [-0.15, -0.1) is 0 Å². The number of hydrogen-bond acceptors (Lipinski definition) is 1. The summed E-state index contributed by atoms with van der Waals surface area (Å²) in [4.78, 5) is 11.0. The number of nitrogens with two attached hydrogens (primary N) is 1. The largest absolute Gasteiger partial charge is 0.417 e. The Morgan fingerprint density at radius 1 is 1.40 bits per heavy atom. The maximum atomic E-state index is 12.5. The zero-order valence-electron chi connectivity index (χ0n) is 7.65. The molecule has 82 valence electrons. The Morgan fingerprint density at radius 2 is 1.93 bits per heavy atom. The van der Waals surface area contributed by atoms with Crippen LogP contribution in [0.2, 0.25) is 0 Å². The van der Waals surface area contributed by atoms with Gasteiger partial charge in [-0.05, 0) is 41.1 Å². The van der Waals surface area contributed by atoms with Gasteiger partial charge in [-0.3, -0.25) is 4.79 Å². The van der Waals surface area contributed by atoms with Gasteiger partial charge in [-0.1, -0.05) is 6.07 Å². The van der Waals surface area contributed by atoms with E-state index in [0.717, 1.165) is 6.07 Å². The molecule has 0 saturated heterocycles. The summed E-state index contributed by atoms with van der Waals surface area (Å²) < 4.78 is 37.3. The van der Waals surface area contributed by atoms with Gasteiger partial charge >= 0.3 is 6.18 Å². The van der Waals surface area contributed by atoms with Crippen LogP contribution in [0.25, 0.3) is 0 Å². The number of primary amides is 1. The van der Waals surface area contributed by atoms with Crippen LogP contribution in [0.5, 0.6) is 0 Å². The van der Waals surface area contributed by atoms with E-state index in [1.807, 2.05) is 0 Å². The van der Waals surface area contributed by atoms with Crippen molar-refractivity contribution in [1.82, 2.24) is 0 Å². The van der Waals surface area contributed by atoms with Gasteiger partial charge in [-0.25, -0.2) is 0 Å². The molecule has 1 rings (SSSR count). The van der Waals surface area contributed by atoms with Crippen LogP contribution in [0.1, 0.15) is 21.5 Å². The first-order valence-corrected chi connectivity index (χ1v) is 4.99. The number of benzene rings is 1. The molecule has 0 aliphatic carbocycles. The zero-order chi connectivity index (χ0) is 11.8. The molecule has 0 aliphatic heterocycles. The molecule has 0 aliphatic rings. The first-order chi connectivity index (χ1) is 6.75. The van der Waals surface area contributed by atoms with Gasteiger partial charge in [0.25, 0.3) is 0 Å². The van der Waals surface area contributed by atoms with Gasteiger partial charge in [0.15, 0.2) is 0 Å². The highest BCUT2D eigenvalue weighted by Gasteiger charge is 2.34. The number of alkyl halides is 3. The third kappa shape index (κ3) is 2.42. The number of rotatable bonds is 1. The quantitative estimate of drug-likeness (QED) is 0.791. The van der Waals surface area contributed by atoms with E-state index >= 15 is 0 Å². The second-order valence-corrected chi connectivity index (χ2v) is 4.06. The van der Waals surface area contributed by atoms with Gasteiger partial charge in [0, 0.05) is 3.57 Å². The van der Waals surface area contributed by atoms with Crippen molar-refractivity contribution in [3.8, 4) is 0 Å². The third-order valence-electron chi connectivity index (χ3n) is 1.90. The van der Waals surface area contributed by atoms with E-state index < -0.39 is 17.6 Å². The molecule has 0 heterocycles. The minimum absolute atomic E-state index is 0.0644. The predicted molar refractivity (Wildman–Crippen MR) is 57.4 cm³/mol. The molecule has 6 heteroatoms. The van der Waals surface area contributed by atoms with Crippen LogP contribution in [0.3, 0.4) is 0 Å². The van der Waals surface area contributed by atoms with Crippen molar-refractivity contribution in [3.05, 3.63) is 32.4 Å². The standard InChI is InChI=1S/C9H7F3INO/c1-4-2-3-5(9(10,11)12)7(13)6(4)8(14)15/h2-3H,1H3,(H2,14,15). The molecule has 1 aromatic rings. The molecule has 0 unspecified atom stereocenters. The second-order valence-electron chi connectivity index (χ2n) is 2.98. The molecule has 0 bridgehead atoms. The van der Waals surface area contributed by atoms with Crippen LogP contribution >= 0.6 is 22.6 Å². The minimum Gasteiger partial charge on any atom is -0.366 e. The Kier molecular flexibility index (Phi) is 3.27. The summed E-state index contributed by atoms with van der Waals surface area (Å²) in [5, 5.41) is 0. The fraction of sp³-hybridized carbons (Fsp3) is 0.222. The maximum absolute atomic E-state index is 12.5. The lowest BCUT2D eigenvalue weighted by Crippen LogP contribution is -2.18. The van der Waals surface area contributed by atoms with Crippen LogP contribution in [0.4, 0.5) is 13.2 Å². The highest BCUT2D eigenvalue weighted by Crippen LogP contribution is 2.34. The molecule has 0 spiro atoms. The molecule has 15 heavy (non-hydrogen) atoms. The van der Waals surface area contributed by atoms with Gasteiger partial charge in [0.05, 0.1) is 11.1 Å². The van der Waals surface area contributed by atoms with Crippen molar-refractivity contribution >= 4 is 28.5 Å². The molecule has 2 N–H and O–H groups in total. The number of aryl methyl sites for hydroxylation is 1. The third-order valence-corrected chi connectivity index (χ3v) is 3.02. The van der Waals surface area contributed by atoms with E-state index in [1.54, 1.807) is 6.92 Å². The second kappa shape index (κ2) is 3.99. The van der Waals surface area contributed by atoms with E-state index in [9.17, 15) is 18.0 Å². The van der Waals surface area contributed by atoms with Crippen LogP contribution in [0, 0.1) is 10.5 Å². The van der Waals surface area contributed by atoms with Crippen molar-refractivity contribution in [2.75, 3.05) is 0 Å². The topological polar surface area (TPSA) is 43.1 Å². The SMILES string of the molecule is Cc1ccc(C(F)(F)F)c(I)c1C(N)=O. The molecule has 0 radical (unpaired) electrons. The lowest BCUT2D eigenvalue weighted by Gasteiger charge is -2.12. The van der Waals surface area contributed by atoms with Crippen molar-refractivity contribution in [2.45, 2.75) is 13.1 Å². The minimum atomic E-state index is -4.46. The van der Waals surface area contributed by atoms with Crippen LogP contribution < -0.4 is 5.73 Å². The first kappa shape index (κ1) is 12.3. The van der Waals surface area contributed by atoms with Gasteiger partial charge in [0.2, 0.25) is 5.91 Å². The monoisotopic (exact) mass is 329 g/mol. The first-order valence-electron chi connectivity index (χ1n) is 3.91. The van der Waals surface area contributed by atoms with E-state index in [4.69, 9.17) is 5.73 Å². The fourth-order valence-electron chi connectivity index (χ4n) is 1.19. The maximum Gasteiger partial charge on any atom is 0.417 e. The average Bonchev–Trinajstić information content (AvgIpc) is 2.00. The van der Waals surface area contributed by atoms with E-state index in [2.05, 4.69) is 0 Å². The Morgan fingerprint density at radius 3 is 2.33 bits per heavy atom. The number of halogens is 4. The summed E-state index contributed by atoms with van der Waals surface area (Å²) >= 11 is 1.49. The summed E-state index contributed by atoms with van der Waals surface area (Å²) in [6.07, 6.45) is -4.46. The molecule has 0 atom stereocenters. The summed E-state index contributed by atoms with van der Waals surface area (Å²) in [6, 6.07) is 2.19. The Balaban J connectivity index is 3.49. The van der Waals surface area contributed by atoms with E-state index in [-0.39, 0.29) is 9.13 Å². The number of carbonyl (C=O) groups excluding carboxylic acids is 1. The number of hydrogen-bond donors (Lipinski definition) is 1. The van der Waals surface area contributed by atoms with Gasteiger partial charge in [-0.2, -0.15) is 13.2 Å². The highest BCUT2D eigenvalue weighted by atomic mass is 127. The van der Waals surface area contributed by atoms with Crippen molar-refractivity contribution in [1.29, 1.82) is 0 Å². The fourth-order valence-corrected chi connectivity index (χ4v) is 2.37. The lowest BCUT2D eigenvalue weighted by molar-refractivity contribution is -0.138. The summed E-state index contributed by atoms with van der Waals surface area (Å²) in [5.41, 5.74) is 4.57. The van der Waals surface area contributed by atoms with Gasteiger partial charge < -0.3 is 5.73 Å².